The molecule has 4 rings (SSSR count). The summed E-state index contributed by atoms with van der Waals surface area (Å²) in [5.74, 6) is 1.13. The Kier molecular flexibility index (Phi) is 3.73. The molecule has 1 aromatic carbocycles. The van der Waals surface area contributed by atoms with E-state index in [4.69, 9.17) is 0 Å². The molecular formula is C20H28N2O. The van der Waals surface area contributed by atoms with Crippen molar-refractivity contribution in [3.63, 3.8) is 0 Å². The first-order valence-electron chi connectivity index (χ1n) is 9.12. The van der Waals surface area contributed by atoms with Crippen LogP contribution in [0.2, 0.25) is 0 Å². The number of aromatic amines is 1. The van der Waals surface area contributed by atoms with E-state index in [0.717, 1.165) is 38.9 Å². The van der Waals surface area contributed by atoms with Gasteiger partial charge in [0.1, 0.15) is 0 Å². The third-order valence-electron chi connectivity index (χ3n) is 6.07. The summed E-state index contributed by atoms with van der Waals surface area (Å²) >= 11 is 0. The molecule has 2 bridgehead atoms. The van der Waals surface area contributed by atoms with Crippen molar-refractivity contribution in [1.29, 1.82) is 0 Å². The Bertz CT molecular complexity index is 707. The predicted molar refractivity (Wildman–Crippen MR) is 94.8 cm³/mol. The topological polar surface area (TPSA) is 39.3 Å². The van der Waals surface area contributed by atoms with Gasteiger partial charge in [0.2, 0.25) is 0 Å². The summed E-state index contributed by atoms with van der Waals surface area (Å²) in [4.78, 5) is 6.20. The average molecular weight is 312 g/mol. The van der Waals surface area contributed by atoms with Gasteiger partial charge in [-0.1, -0.05) is 32.0 Å². The molecule has 3 heterocycles. The Hall–Kier alpha value is -1.32. The maximum absolute atomic E-state index is 10.9. The lowest BCUT2D eigenvalue weighted by atomic mass is 9.79. The molecule has 1 fully saturated rings. The Morgan fingerprint density at radius 1 is 1.35 bits per heavy atom. The number of nitrogens with zero attached hydrogens (tertiary/aromatic N) is 1. The number of aliphatic hydroxyl groups is 1. The summed E-state index contributed by atoms with van der Waals surface area (Å²) in [5, 5.41) is 12.3. The van der Waals surface area contributed by atoms with E-state index >= 15 is 0 Å². The molecule has 0 aliphatic carbocycles. The molecule has 2 aliphatic rings. The lowest BCUT2D eigenvalue weighted by Gasteiger charge is -2.43. The molecule has 4 atom stereocenters. The largest absolute Gasteiger partial charge is 0.389 e. The Morgan fingerprint density at radius 2 is 2.17 bits per heavy atom. The van der Waals surface area contributed by atoms with Gasteiger partial charge in [-0.3, -0.25) is 4.90 Å². The monoisotopic (exact) mass is 312 g/mol. The molecule has 0 radical (unpaired) electrons. The van der Waals surface area contributed by atoms with Crippen molar-refractivity contribution < 1.29 is 5.11 Å². The minimum atomic E-state index is -0.483. The molecular weight excluding hydrogens is 284 g/mol. The second-order valence-electron chi connectivity index (χ2n) is 7.83. The van der Waals surface area contributed by atoms with Crippen LogP contribution in [0.1, 0.15) is 50.3 Å². The smallest absolute Gasteiger partial charge is 0.0774 e. The van der Waals surface area contributed by atoms with Gasteiger partial charge in [0.15, 0.2) is 0 Å². The van der Waals surface area contributed by atoms with E-state index < -0.39 is 5.60 Å². The molecule has 2 aliphatic heterocycles. The van der Waals surface area contributed by atoms with Gasteiger partial charge in [-0.05, 0) is 49.1 Å². The second kappa shape index (κ2) is 5.64. The zero-order chi connectivity index (χ0) is 16.0. The Labute approximate surface area is 138 Å². The van der Waals surface area contributed by atoms with Gasteiger partial charge < -0.3 is 10.1 Å². The maximum Gasteiger partial charge on any atom is 0.0774 e. The van der Waals surface area contributed by atoms with E-state index in [1.54, 1.807) is 0 Å². The van der Waals surface area contributed by atoms with Crippen molar-refractivity contribution in [2.45, 2.75) is 51.0 Å². The summed E-state index contributed by atoms with van der Waals surface area (Å²) in [5.41, 5.74) is 3.72. The fourth-order valence-corrected chi connectivity index (χ4v) is 4.90. The van der Waals surface area contributed by atoms with Gasteiger partial charge in [-0.25, -0.2) is 0 Å². The quantitative estimate of drug-likeness (QED) is 0.843. The summed E-state index contributed by atoms with van der Waals surface area (Å²) in [6.07, 6.45) is 4.07. The minimum Gasteiger partial charge on any atom is -0.389 e. The fraction of sp³-hybridized carbons (Fsp3) is 0.600. The number of aromatic nitrogens is 1. The summed E-state index contributed by atoms with van der Waals surface area (Å²) in [7, 11) is 0. The van der Waals surface area contributed by atoms with Gasteiger partial charge in [-0.2, -0.15) is 0 Å². The van der Waals surface area contributed by atoms with Crippen molar-refractivity contribution >= 4 is 10.9 Å². The number of H-pyrrole nitrogens is 1. The van der Waals surface area contributed by atoms with Gasteiger partial charge >= 0.3 is 0 Å². The summed E-state index contributed by atoms with van der Waals surface area (Å²) in [6.45, 7) is 7.52. The first-order chi connectivity index (χ1) is 11.1. The highest BCUT2D eigenvalue weighted by atomic mass is 16.3. The molecule has 23 heavy (non-hydrogen) atoms. The normalized spacial score (nSPS) is 34.5. The number of hydrogen-bond donors (Lipinski definition) is 2. The first kappa shape index (κ1) is 15.2. The number of benzene rings is 1. The van der Waals surface area contributed by atoms with Crippen LogP contribution in [0.15, 0.2) is 24.3 Å². The lowest BCUT2D eigenvalue weighted by Crippen LogP contribution is -2.51. The molecule has 124 valence electrons. The SMILES string of the molecule is CCC1(O)C[C@@H]2C[C@@H](C)c3[nH]c4ccccc4c3CCN(C2)C1. The van der Waals surface area contributed by atoms with E-state index in [2.05, 4.69) is 48.0 Å². The van der Waals surface area contributed by atoms with Gasteiger partial charge in [0, 0.05) is 36.2 Å². The molecule has 2 aromatic rings. The maximum atomic E-state index is 10.9. The van der Waals surface area contributed by atoms with Crippen LogP contribution < -0.4 is 0 Å². The number of fused-ring (bicyclic) bond motifs is 5. The average Bonchev–Trinajstić information content (AvgIpc) is 2.92. The fourth-order valence-electron chi connectivity index (χ4n) is 4.90. The third kappa shape index (κ3) is 2.70. The number of rotatable bonds is 1. The van der Waals surface area contributed by atoms with E-state index in [9.17, 15) is 5.11 Å². The highest BCUT2D eigenvalue weighted by Gasteiger charge is 2.38. The minimum absolute atomic E-state index is 0.483. The summed E-state index contributed by atoms with van der Waals surface area (Å²) in [6, 6.07) is 8.70. The molecule has 1 aromatic heterocycles. The van der Waals surface area contributed by atoms with E-state index in [0.29, 0.717) is 11.8 Å². The number of hydrogen-bond acceptors (Lipinski definition) is 2. The van der Waals surface area contributed by atoms with Crippen LogP contribution in [0.25, 0.3) is 10.9 Å². The number of piperidine rings is 1. The van der Waals surface area contributed by atoms with Gasteiger partial charge in [0.25, 0.3) is 0 Å². The Balaban J connectivity index is 1.72. The van der Waals surface area contributed by atoms with Gasteiger partial charge in [-0.15, -0.1) is 0 Å². The van der Waals surface area contributed by atoms with Gasteiger partial charge in [0.05, 0.1) is 5.60 Å². The van der Waals surface area contributed by atoms with Crippen molar-refractivity contribution in [2.24, 2.45) is 5.92 Å². The van der Waals surface area contributed by atoms with Crippen LogP contribution in [0.4, 0.5) is 0 Å². The van der Waals surface area contributed by atoms with Crippen molar-refractivity contribution in [1.82, 2.24) is 9.88 Å². The summed E-state index contributed by atoms with van der Waals surface area (Å²) < 4.78 is 0. The molecule has 0 amide bonds. The van der Waals surface area contributed by atoms with Crippen LogP contribution in [0.5, 0.6) is 0 Å². The molecule has 2 N–H and O–H groups in total. The van der Waals surface area contributed by atoms with Crippen LogP contribution in [-0.2, 0) is 6.42 Å². The molecule has 3 heteroatoms. The molecule has 0 spiro atoms. The lowest BCUT2D eigenvalue weighted by molar-refractivity contribution is -0.0565. The highest BCUT2D eigenvalue weighted by molar-refractivity contribution is 5.84. The molecule has 2 unspecified atom stereocenters. The molecule has 0 saturated carbocycles. The standard InChI is InChI=1S/C20H28N2O/c1-3-20(23)11-15-10-14(2)19-17(8-9-22(12-15)13-20)16-6-4-5-7-18(16)21-19/h4-7,14-15,21,23H,3,8-13H2,1-2H3/t14-,15+,20?/m1/s1. The molecule has 3 nitrogen and oxygen atoms in total. The van der Waals surface area contributed by atoms with E-state index in [-0.39, 0.29) is 0 Å². The van der Waals surface area contributed by atoms with E-state index in [1.807, 2.05) is 0 Å². The van der Waals surface area contributed by atoms with Crippen LogP contribution in [-0.4, -0.2) is 40.2 Å². The zero-order valence-corrected chi connectivity index (χ0v) is 14.3. The van der Waals surface area contributed by atoms with E-state index in [1.165, 1.54) is 28.6 Å². The number of nitrogens with one attached hydrogen (secondary N) is 1. The Morgan fingerprint density at radius 3 is 3.00 bits per heavy atom. The van der Waals surface area contributed by atoms with Crippen LogP contribution in [0.3, 0.4) is 0 Å². The van der Waals surface area contributed by atoms with Crippen molar-refractivity contribution in [3.05, 3.63) is 35.5 Å². The second-order valence-corrected chi connectivity index (χ2v) is 7.83. The first-order valence-corrected chi connectivity index (χ1v) is 9.12. The third-order valence-corrected chi connectivity index (χ3v) is 6.07. The highest BCUT2D eigenvalue weighted by Crippen LogP contribution is 2.38. The van der Waals surface area contributed by atoms with Crippen LogP contribution in [0, 0.1) is 5.92 Å². The zero-order valence-electron chi connectivity index (χ0n) is 14.3. The number of para-hydroxylation sites is 1. The van der Waals surface area contributed by atoms with Crippen molar-refractivity contribution in [3.8, 4) is 0 Å². The van der Waals surface area contributed by atoms with Crippen LogP contribution >= 0.6 is 0 Å². The molecule has 1 saturated heterocycles. The predicted octanol–water partition coefficient (Wildman–Crippen LogP) is 3.68. The van der Waals surface area contributed by atoms with Crippen molar-refractivity contribution in [2.75, 3.05) is 19.6 Å².